The van der Waals surface area contributed by atoms with Gasteiger partial charge in [0.25, 0.3) is 0 Å². The van der Waals surface area contributed by atoms with Crippen molar-refractivity contribution in [3.8, 4) is 0 Å². The molecule has 20 heavy (non-hydrogen) atoms. The average molecular weight is 287 g/mol. The average Bonchev–Trinajstić information content (AvgIpc) is 2.46. The topological polar surface area (TPSA) is 42.1 Å². The lowest BCUT2D eigenvalue weighted by Gasteiger charge is -2.35. The zero-order chi connectivity index (χ0) is 14.8. The highest BCUT2D eigenvalue weighted by molar-refractivity contribution is 5.45. The lowest BCUT2D eigenvalue weighted by atomic mass is 9.97. The lowest BCUT2D eigenvalue weighted by Crippen LogP contribution is -2.41. The number of pyridine rings is 1. The Labute approximate surface area is 117 Å². The molecule has 1 aliphatic rings. The SMILES string of the molecule is CC[C@H](N)c1ccc(N2CCCC(C(F)(F)F)C2)cn1. The van der Waals surface area contributed by atoms with Crippen molar-refractivity contribution in [1.82, 2.24) is 4.98 Å². The molecule has 2 atom stereocenters. The van der Waals surface area contributed by atoms with Crippen LogP contribution in [0.15, 0.2) is 18.3 Å². The Morgan fingerprint density at radius 3 is 2.75 bits per heavy atom. The zero-order valence-corrected chi connectivity index (χ0v) is 11.5. The number of rotatable bonds is 3. The van der Waals surface area contributed by atoms with Crippen molar-refractivity contribution < 1.29 is 13.2 Å². The molecule has 0 aliphatic carbocycles. The molecule has 1 unspecified atom stereocenters. The molecular weight excluding hydrogens is 267 g/mol. The van der Waals surface area contributed by atoms with E-state index in [0.29, 0.717) is 13.0 Å². The summed E-state index contributed by atoms with van der Waals surface area (Å²) >= 11 is 0. The second kappa shape index (κ2) is 5.99. The van der Waals surface area contributed by atoms with Gasteiger partial charge in [-0.3, -0.25) is 4.98 Å². The first-order chi connectivity index (χ1) is 9.41. The van der Waals surface area contributed by atoms with Gasteiger partial charge in [0.15, 0.2) is 0 Å². The third-order valence-corrected chi connectivity index (χ3v) is 3.84. The second-order valence-electron chi connectivity index (χ2n) is 5.28. The molecule has 0 amide bonds. The summed E-state index contributed by atoms with van der Waals surface area (Å²) < 4.78 is 38.4. The Morgan fingerprint density at radius 1 is 1.45 bits per heavy atom. The van der Waals surface area contributed by atoms with Crippen LogP contribution in [0.5, 0.6) is 0 Å². The van der Waals surface area contributed by atoms with Crippen LogP contribution in [0.4, 0.5) is 18.9 Å². The van der Waals surface area contributed by atoms with Gasteiger partial charge < -0.3 is 10.6 Å². The molecule has 2 rings (SSSR count). The van der Waals surface area contributed by atoms with Crippen molar-refractivity contribution in [1.29, 1.82) is 0 Å². The monoisotopic (exact) mass is 287 g/mol. The van der Waals surface area contributed by atoms with Gasteiger partial charge in [0.2, 0.25) is 0 Å². The number of nitrogens with two attached hydrogens (primary N) is 1. The molecule has 0 aromatic carbocycles. The number of halogens is 3. The maximum absolute atomic E-state index is 12.8. The van der Waals surface area contributed by atoms with Crippen LogP contribution in [0, 0.1) is 5.92 Å². The van der Waals surface area contributed by atoms with Crippen LogP contribution < -0.4 is 10.6 Å². The summed E-state index contributed by atoms with van der Waals surface area (Å²) in [7, 11) is 0. The molecule has 2 N–H and O–H groups in total. The molecule has 1 saturated heterocycles. The van der Waals surface area contributed by atoms with Crippen LogP contribution >= 0.6 is 0 Å². The van der Waals surface area contributed by atoms with E-state index in [9.17, 15) is 13.2 Å². The van der Waals surface area contributed by atoms with Crippen molar-refractivity contribution >= 4 is 5.69 Å². The van der Waals surface area contributed by atoms with Crippen molar-refractivity contribution in [2.75, 3.05) is 18.0 Å². The van der Waals surface area contributed by atoms with Crippen LogP contribution in [0.2, 0.25) is 0 Å². The third kappa shape index (κ3) is 3.42. The molecule has 6 heteroatoms. The smallest absolute Gasteiger partial charge is 0.370 e. The van der Waals surface area contributed by atoms with Crippen molar-refractivity contribution in [2.24, 2.45) is 11.7 Å². The van der Waals surface area contributed by atoms with Gasteiger partial charge in [0.05, 0.1) is 23.5 Å². The van der Waals surface area contributed by atoms with Gasteiger partial charge in [-0.1, -0.05) is 6.92 Å². The van der Waals surface area contributed by atoms with E-state index in [4.69, 9.17) is 5.73 Å². The number of piperidine rings is 1. The molecule has 0 spiro atoms. The van der Waals surface area contributed by atoms with Crippen LogP contribution in [0.3, 0.4) is 0 Å². The van der Waals surface area contributed by atoms with Gasteiger partial charge in [-0.25, -0.2) is 0 Å². The van der Waals surface area contributed by atoms with E-state index in [2.05, 4.69) is 4.98 Å². The Hall–Kier alpha value is -1.30. The first-order valence-electron chi connectivity index (χ1n) is 6.95. The number of anilines is 1. The molecule has 0 bridgehead atoms. The van der Waals surface area contributed by atoms with Crippen molar-refractivity contribution in [3.05, 3.63) is 24.0 Å². The van der Waals surface area contributed by atoms with Gasteiger partial charge in [-0.05, 0) is 31.4 Å². The maximum atomic E-state index is 12.8. The summed E-state index contributed by atoms with van der Waals surface area (Å²) in [5, 5.41) is 0. The zero-order valence-electron chi connectivity index (χ0n) is 11.5. The quantitative estimate of drug-likeness (QED) is 0.927. The summed E-state index contributed by atoms with van der Waals surface area (Å²) in [6.45, 7) is 2.64. The van der Waals surface area contributed by atoms with Crippen LogP contribution in [-0.2, 0) is 0 Å². The van der Waals surface area contributed by atoms with Gasteiger partial charge in [-0.2, -0.15) is 13.2 Å². The highest BCUT2D eigenvalue weighted by atomic mass is 19.4. The van der Waals surface area contributed by atoms with Crippen molar-refractivity contribution in [3.63, 3.8) is 0 Å². The predicted octanol–water partition coefficient (Wildman–Crippen LogP) is 3.27. The summed E-state index contributed by atoms with van der Waals surface area (Å²) in [4.78, 5) is 6.02. The highest BCUT2D eigenvalue weighted by Gasteiger charge is 2.41. The number of alkyl halides is 3. The van der Waals surface area contributed by atoms with E-state index < -0.39 is 12.1 Å². The minimum absolute atomic E-state index is 0.0182. The van der Waals surface area contributed by atoms with E-state index in [1.165, 1.54) is 0 Å². The van der Waals surface area contributed by atoms with Gasteiger partial charge >= 0.3 is 6.18 Å². The first-order valence-corrected chi connectivity index (χ1v) is 6.95. The molecule has 1 aromatic rings. The highest BCUT2D eigenvalue weighted by Crippen LogP contribution is 2.34. The molecule has 0 saturated carbocycles. The van der Waals surface area contributed by atoms with Crippen LogP contribution in [-0.4, -0.2) is 24.2 Å². The molecule has 1 aromatic heterocycles. The molecule has 1 fully saturated rings. The van der Waals surface area contributed by atoms with E-state index in [1.54, 1.807) is 17.2 Å². The summed E-state index contributed by atoms with van der Waals surface area (Å²) in [5.41, 5.74) is 7.40. The molecule has 0 radical (unpaired) electrons. The summed E-state index contributed by atoms with van der Waals surface area (Å²) in [5.74, 6) is -1.24. The fraction of sp³-hybridized carbons (Fsp3) is 0.643. The maximum Gasteiger partial charge on any atom is 0.393 e. The van der Waals surface area contributed by atoms with Crippen LogP contribution in [0.1, 0.15) is 37.9 Å². The minimum atomic E-state index is -4.11. The Kier molecular flexibility index (Phi) is 4.52. The molecule has 2 heterocycles. The van der Waals surface area contributed by atoms with E-state index >= 15 is 0 Å². The Morgan fingerprint density at radius 2 is 2.20 bits per heavy atom. The van der Waals surface area contributed by atoms with E-state index in [0.717, 1.165) is 17.8 Å². The minimum Gasteiger partial charge on any atom is -0.370 e. The number of hydrogen-bond acceptors (Lipinski definition) is 3. The third-order valence-electron chi connectivity index (χ3n) is 3.84. The lowest BCUT2D eigenvalue weighted by molar-refractivity contribution is -0.175. The Balaban J connectivity index is 2.07. The first kappa shape index (κ1) is 15.1. The molecule has 1 aliphatic heterocycles. The largest absolute Gasteiger partial charge is 0.393 e. The van der Waals surface area contributed by atoms with E-state index in [-0.39, 0.29) is 19.0 Å². The van der Waals surface area contributed by atoms with Crippen LogP contribution in [0.25, 0.3) is 0 Å². The predicted molar refractivity (Wildman–Crippen MR) is 72.4 cm³/mol. The summed E-state index contributed by atoms with van der Waals surface area (Å²) in [6, 6.07) is 3.51. The normalized spacial score (nSPS) is 21.9. The van der Waals surface area contributed by atoms with Gasteiger partial charge in [-0.15, -0.1) is 0 Å². The molecule has 112 valence electrons. The number of nitrogens with zero attached hydrogens (tertiary/aromatic N) is 2. The number of aromatic nitrogens is 1. The molecular formula is C14H20F3N3. The molecule has 3 nitrogen and oxygen atoms in total. The Bertz CT molecular complexity index is 430. The summed E-state index contributed by atoms with van der Waals surface area (Å²) in [6.07, 6.45) is -0.932. The van der Waals surface area contributed by atoms with E-state index in [1.807, 2.05) is 13.0 Å². The van der Waals surface area contributed by atoms with Gasteiger partial charge in [0, 0.05) is 19.1 Å². The van der Waals surface area contributed by atoms with Gasteiger partial charge in [0.1, 0.15) is 0 Å². The fourth-order valence-electron chi connectivity index (χ4n) is 2.49. The fourth-order valence-corrected chi connectivity index (χ4v) is 2.49. The van der Waals surface area contributed by atoms with Crippen molar-refractivity contribution in [2.45, 2.75) is 38.4 Å². The second-order valence-corrected chi connectivity index (χ2v) is 5.28. The standard InChI is InChI=1S/C14H20F3N3/c1-2-12(18)13-6-5-11(8-19-13)20-7-3-4-10(9-20)14(15,16)17/h5-6,8,10,12H,2-4,7,9,18H2,1H3/t10?,12-/m0/s1. The number of hydrogen-bond donors (Lipinski definition) is 1.